The van der Waals surface area contributed by atoms with Crippen molar-refractivity contribution in [3.05, 3.63) is 211 Å². The predicted octanol–water partition coefficient (Wildman–Crippen LogP) is 13.0. The van der Waals surface area contributed by atoms with Crippen LogP contribution in [0.15, 0.2) is 208 Å². The second-order valence-corrected chi connectivity index (χ2v) is 48.5. The maximum Gasteiger partial charge on any atom is 0.255 e. The summed E-state index contributed by atoms with van der Waals surface area (Å²) in [6.07, 6.45) is 19.0. The lowest BCUT2D eigenvalue weighted by atomic mass is 10.1. The molecule has 0 saturated heterocycles. The Morgan fingerprint density at radius 3 is 0.786 bits per heavy atom. The van der Waals surface area contributed by atoms with E-state index in [1.807, 2.05) is 46.7 Å². The molecule has 15 aromatic rings. The molecule has 0 aliphatic heterocycles. The Bertz CT molecular complexity index is 7700. The number of methoxy groups -OCH3 is 1. The number of amides is 5. The first-order valence-electron chi connectivity index (χ1n) is 47.0. The van der Waals surface area contributed by atoms with Gasteiger partial charge in [-0.25, -0.2) is 91.9 Å². The van der Waals surface area contributed by atoms with Gasteiger partial charge in [0, 0.05) is 97.1 Å². The van der Waals surface area contributed by atoms with E-state index >= 15 is 0 Å². The van der Waals surface area contributed by atoms with Crippen LogP contribution in [0.3, 0.4) is 0 Å². The molecule has 0 saturated carbocycles. The number of sulfone groups is 5. The molecule has 0 spiro atoms. The van der Waals surface area contributed by atoms with Crippen molar-refractivity contribution < 1.29 is 81.0 Å². The van der Waals surface area contributed by atoms with Crippen molar-refractivity contribution in [1.82, 2.24) is 106 Å². The van der Waals surface area contributed by atoms with Crippen LogP contribution in [0.2, 0.25) is 0 Å². The number of nitrogens with one attached hydrogen (secondary N) is 10. The monoisotopic (exact) mass is 2080 g/mol. The SMILES string of the molecule is CC(C)S(=O)(=O)c1ccc(-c2cnc3[nH]cc(C(=O)NCCN(C)C)c3n2)cc1.CC(C)S(=O)(=O)c1ccc(-c2cnc3[nH]cc(C(=O)N[C@H](C)CO)c3n2)cc1.CCC(CC)NC(=O)c1c[nH]c2ncc(-c3ccc(S(=O)(=O)C(C)C)cc3)nc12.CCC[C@H](CO)NC(=O)c1c[nH]c2ncc(-c3ccc(S(=O)(=O)C(C)C)cc3)nc12.COC[C@H](C)NC(=O)c1c[nH]c2ncc(-c3ccc(S(=O)(=O)C(C)C)cc3)nc12. The lowest BCUT2D eigenvalue weighted by molar-refractivity contribution is 0.0901. The third-order valence-corrected chi connectivity index (χ3v) is 34.3. The Kier molecular flexibility index (Phi) is 37.4. The van der Waals surface area contributed by atoms with Crippen LogP contribution in [0, 0.1) is 0 Å². The molecule has 0 unspecified atom stereocenters. The summed E-state index contributed by atoms with van der Waals surface area (Å²) in [5, 5.41) is 30.3. The van der Waals surface area contributed by atoms with Crippen LogP contribution >= 0.6 is 0 Å². The zero-order valence-corrected chi connectivity index (χ0v) is 87.9. The number of carbonyl (C=O) groups excluding carboxylic acids is 5. The number of hydrogen-bond acceptors (Lipinski definition) is 29. The van der Waals surface area contributed by atoms with Crippen molar-refractivity contribution >= 4 is 135 Å². The molecular formula is C101H123N21O18S5. The van der Waals surface area contributed by atoms with E-state index < -0.39 is 75.4 Å². The molecule has 0 fully saturated rings. The molecule has 10 heterocycles. The predicted molar refractivity (Wildman–Crippen MR) is 557 cm³/mol. The van der Waals surface area contributed by atoms with Crippen molar-refractivity contribution in [3.63, 3.8) is 0 Å². The fourth-order valence-corrected chi connectivity index (χ4v) is 19.8. The van der Waals surface area contributed by atoms with E-state index in [2.05, 4.69) is 101 Å². The number of aromatic nitrogens is 15. The van der Waals surface area contributed by atoms with Gasteiger partial charge in [0.1, 0.15) is 27.6 Å². The Morgan fingerprint density at radius 2 is 0.572 bits per heavy atom. The molecule has 3 atom stereocenters. The summed E-state index contributed by atoms with van der Waals surface area (Å²) in [7, 11) is -11.3. The molecule has 0 aliphatic rings. The molecule has 12 N–H and O–H groups in total. The average molecular weight is 2080 g/mol. The summed E-state index contributed by atoms with van der Waals surface area (Å²) in [6.45, 7) is 27.4. The Hall–Kier alpha value is -13.9. The van der Waals surface area contributed by atoms with Crippen molar-refractivity contribution in [2.24, 2.45) is 0 Å². The van der Waals surface area contributed by atoms with E-state index in [1.165, 1.54) is 6.20 Å². The molecule has 0 radical (unpaired) electrons. The molecule has 0 aliphatic carbocycles. The number of aliphatic hydroxyl groups excluding tert-OH is 2. The zero-order chi connectivity index (χ0) is 106. The summed E-state index contributed by atoms with van der Waals surface area (Å²) in [6, 6.07) is 31.8. The standard InChI is InChI=1S/C21H26N4O4S.C21H26N4O3S.C20H25N5O3S.C20H24N4O4S.C19H22N4O4S/c1-4-5-15(12-26)24-21(27)17-10-22-20-19(17)25-18(11-23-20)14-6-8-16(9-7-14)30(28,29)13(2)3;1-5-15(6-2)24-21(26)17-11-22-20-19(17)25-18(12-23-20)14-7-9-16(10-8-14)29(27,28)13(3)4;1-13(2)29(27,28)15-7-5-14(6-8-15)17-12-23-19-18(24-17)16(11-22-19)20(26)21-9-10-25(3)4;1-12(2)29(26,27)15-7-5-14(6-8-15)17-10-22-19-18(24-17)16(9-21-19)20(25)23-13(3)11-28-4;1-11(2)28(26,27)14-6-4-13(5-7-14)16-9-21-18-17(23-16)15(8-20-18)19(25)22-12(3)10-24/h6-11,13,15,26H,4-5,12H2,1-3H3,(H,22,23)(H,24,27);7-13,15H,5-6H2,1-4H3,(H,22,23)(H,24,26);5-8,11-13H,9-10H2,1-4H3,(H,21,26)(H,22,23);5-10,12-13H,11H2,1-4H3,(H,21,22)(H,23,25);4-9,11-12,24H,10H2,1-3H3,(H,20,21)(H,22,25)/t15-;;;13-;12-/m1..01/s1. The highest BCUT2D eigenvalue weighted by atomic mass is 32.2. The topological polar surface area (TPSA) is 577 Å². The van der Waals surface area contributed by atoms with E-state index in [-0.39, 0.29) is 91.4 Å². The molecule has 10 aromatic heterocycles. The van der Waals surface area contributed by atoms with Gasteiger partial charge >= 0.3 is 0 Å². The van der Waals surface area contributed by atoms with Gasteiger partial charge < -0.3 is 71.4 Å². The van der Waals surface area contributed by atoms with Gasteiger partial charge in [0.2, 0.25) is 0 Å². The first-order valence-corrected chi connectivity index (χ1v) is 54.7. The quantitative estimate of drug-likeness (QED) is 0.0175. The smallest absolute Gasteiger partial charge is 0.255 e. The van der Waals surface area contributed by atoms with Crippen LogP contribution in [0.4, 0.5) is 0 Å². The summed E-state index contributed by atoms with van der Waals surface area (Å²) in [5.74, 6) is -1.38. The number of likely N-dealkylation sites (N-methyl/N-ethyl adjacent to an activating group) is 1. The second-order valence-electron chi connectivity index (χ2n) is 35.9. The number of nitrogens with zero attached hydrogens (tertiary/aromatic N) is 11. The fourth-order valence-electron chi connectivity index (χ4n) is 14.5. The number of benzene rings is 5. The summed E-state index contributed by atoms with van der Waals surface area (Å²) >= 11 is 0. The number of hydrogen-bond donors (Lipinski definition) is 12. The molecule has 44 heteroatoms. The lowest BCUT2D eigenvalue weighted by Gasteiger charge is -2.14. The fraction of sp³-hybridized carbons (Fsp3) is 0.356. The largest absolute Gasteiger partial charge is 0.394 e. The minimum Gasteiger partial charge on any atom is -0.394 e. The second kappa shape index (κ2) is 48.7. The minimum absolute atomic E-state index is 0.110. The van der Waals surface area contributed by atoms with E-state index in [1.54, 1.807) is 260 Å². The van der Waals surface area contributed by atoms with E-state index in [0.29, 0.717) is 148 Å². The van der Waals surface area contributed by atoms with Crippen molar-refractivity contribution in [3.8, 4) is 56.3 Å². The first-order chi connectivity index (χ1) is 68.7. The van der Waals surface area contributed by atoms with Gasteiger partial charge in [-0.2, -0.15) is 0 Å². The normalized spacial score (nSPS) is 12.6. The third-order valence-electron chi connectivity index (χ3n) is 23.4. The third kappa shape index (κ3) is 26.8. The van der Waals surface area contributed by atoms with Gasteiger partial charge in [-0.05, 0) is 177 Å². The van der Waals surface area contributed by atoms with Crippen molar-refractivity contribution in [2.45, 2.75) is 204 Å². The lowest BCUT2D eigenvalue weighted by Crippen LogP contribution is -2.37. The number of aromatic amines is 5. The molecule has 145 heavy (non-hydrogen) atoms. The highest BCUT2D eigenvalue weighted by molar-refractivity contribution is 7.93. The molecule has 39 nitrogen and oxygen atoms in total. The minimum atomic E-state index is -3.35. The zero-order valence-electron chi connectivity index (χ0n) is 83.8. The number of H-pyrrole nitrogens is 5. The molecule has 0 bridgehead atoms. The van der Waals surface area contributed by atoms with Gasteiger partial charge in [-0.15, -0.1) is 0 Å². The van der Waals surface area contributed by atoms with Gasteiger partial charge in [0.25, 0.3) is 29.5 Å². The van der Waals surface area contributed by atoms with Gasteiger partial charge in [0.15, 0.2) is 77.4 Å². The van der Waals surface area contributed by atoms with Crippen LogP contribution in [-0.2, 0) is 53.9 Å². The maximum absolute atomic E-state index is 12.7. The Balaban J connectivity index is 0.000000173. The summed E-state index contributed by atoms with van der Waals surface area (Å²) in [5.41, 5.74) is 12.9. The van der Waals surface area contributed by atoms with Crippen molar-refractivity contribution in [1.29, 1.82) is 0 Å². The van der Waals surface area contributed by atoms with Crippen LogP contribution in [0.25, 0.3) is 112 Å². The summed E-state index contributed by atoms with van der Waals surface area (Å²) in [4.78, 5) is 125. The van der Waals surface area contributed by atoms with E-state index in [9.17, 15) is 71.2 Å². The number of aliphatic hydroxyl groups is 2. The van der Waals surface area contributed by atoms with Crippen LogP contribution in [0.5, 0.6) is 0 Å². The Morgan fingerprint density at radius 1 is 0.338 bits per heavy atom. The van der Waals surface area contributed by atoms with Crippen LogP contribution in [0.1, 0.15) is 181 Å². The van der Waals surface area contributed by atoms with Crippen LogP contribution in [-0.4, -0.2) is 266 Å². The number of ether oxygens (including phenoxy) is 1. The van der Waals surface area contributed by atoms with E-state index in [4.69, 9.17) is 9.84 Å². The number of fused-ring (bicyclic) bond motifs is 5. The Labute approximate surface area is 842 Å². The molecule has 770 valence electrons. The van der Waals surface area contributed by atoms with Crippen molar-refractivity contribution in [2.75, 3.05) is 54.1 Å². The molecule has 15 rings (SSSR count). The van der Waals surface area contributed by atoms with Gasteiger partial charge in [-0.1, -0.05) is 87.9 Å². The van der Waals surface area contributed by atoms with Gasteiger partial charge in [0.05, 0.1) is 164 Å². The molecule has 5 amide bonds. The van der Waals surface area contributed by atoms with Crippen LogP contribution < -0.4 is 26.6 Å². The van der Waals surface area contributed by atoms with Gasteiger partial charge in [-0.3, -0.25) is 24.0 Å². The maximum atomic E-state index is 12.7. The first kappa shape index (κ1) is 111. The summed E-state index contributed by atoms with van der Waals surface area (Å²) < 4.78 is 128. The number of carbonyl (C=O) groups is 5. The molecular weight excluding hydrogens is 1960 g/mol. The number of rotatable bonds is 35. The highest BCUT2D eigenvalue weighted by Gasteiger charge is 2.29. The van der Waals surface area contributed by atoms with E-state index in [0.717, 1.165) is 36.9 Å². The highest BCUT2D eigenvalue weighted by Crippen LogP contribution is 2.32. The average Bonchev–Trinajstić information content (AvgIpc) is 1.67. The molecule has 5 aromatic carbocycles.